The molecule has 0 aliphatic carbocycles. The highest BCUT2D eigenvalue weighted by Gasteiger charge is 2.33. The van der Waals surface area contributed by atoms with Crippen molar-refractivity contribution < 1.29 is 13.2 Å². The van der Waals surface area contributed by atoms with Crippen LogP contribution in [0.3, 0.4) is 0 Å². The van der Waals surface area contributed by atoms with E-state index in [2.05, 4.69) is 5.92 Å². The van der Waals surface area contributed by atoms with Gasteiger partial charge in [-0.1, -0.05) is 41.9 Å². The summed E-state index contributed by atoms with van der Waals surface area (Å²) in [5, 5.41) is 0. The fraction of sp³-hybridized carbons (Fsp3) is 0.0909. The number of hydrogen-bond acceptors (Lipinski definition) is 2. The molecule has 0 spiro atoms. The van der Waals surface area contributed by atoms with Gasteiger partial charge in [0, 0.05) is 21.9 Å². The zero-order valence-corrected chi connectivity index (χ0v) is 14.9. The second-order valence-corrected chi connectivity index (χ2v) is 7.26. The molecule has 0 saturated carbocycles. The van der Waals surface area contributed by atoms with Crippen molar-refractivity contribution in [3.63, 3.8) is 0 Å². The van der Waals surface area contributed by atoms with E-state index in [4.69, 9.17) is 6.42 Å². The molecule has 1 aliphatic heterocycles. The number of anilines is 2. The van der Waals surface area contributed by atoms with E-state index in [1.807, 2.05) is 53.4 Å². The third-order valence-corrected chi connectivity index (χ3v) is 5.54. The molecular weight excluding hydrogens is 367 g/mol. The minimum Gasteiger partial charge on any atom is -0.335 e. The Kier molecular flexibility index (Phi) is 4.37. The molecule has 1 nitrogen and oxygen atoms in total. The molecule has 1 aliphatic rings. The maximum absolute atomic E-state index is 13.2. The van der Waals surface area contributed by atoms with E-state index in [1.165, 1.54) is 17.8 Å². The van der Waals surface area contributed by atoms with Gasteiger partial charge in [0.1, 0.15) is 0 Å². The molecule has 4 rings (SSSR count). The molecule has 0 bridgehead atoms. The molecule has 3 aromatic carbocycles. The van der Waals surface area contributed by atoms with Gasteiger partial charge in [-0.2, -0.15) is 13.2 Å². The van der Waals surface area contributed by atoms with Crippen LogP contribution in [0.5, 0.6) is 0 Å². The molecule has 27 heavy (non-hydrogen) atoms. The Balaban J connectivity index is 1.80. The number of terminal acetylenes is 1. The van der Waals surface area contributed by atoms with Crippen molar-refractivity contribution >= 4 is 23.1 Å². The van der Waals surface area contributed by atoms with E-state index in [1.54, 1.807) is 6.07 Å². The fourth-order valence-electron chi connectivity index (χ4n) is 3.06. The molecule has 0 atom stereocenters. The molecule has 0 fully saturated rings. The normalized spacial score (nSPS) is 12.9. The van der Waals surface area contributed by atoms with E-state index in [-0.39, 0.29) is 0 Å². The van der Waals surface area contributed by atoms with Crippen LogP contribution in [0, 0.1) is 12.3 Å². The van der Waals surface area contributed by atoms with Gasteiger partial charge in [-0.15, -0.1) is 6.42 Å². The maximum atomic E-state index is 13.2. The van der Waals surface area contributed by atoms with Crippen LogP contribution in [0.1, 0.15) is 16.7 Å². The summed E-state index contributed by atoms with van der Waals surface area (Å²) in [5.74, 6) is 2.57. The number of benzene rings is 3. The number of halogens is 3. The van der Waals surface area contributed by atoms with Crippen molar-refractivity contribution in [2.75, 3.05) is 4.90 Å². The molecule has 0 radical (unpaired) electrons. The van der Waals surface area contributed by atoms with Crippen LogP contribution in [0.4, 0.5) is 24.5 Å². The summed E-state index contributed by atoms with van der Waals surface area (Å²) in [5.41, 5.74) is 2.56. The Morgan fingerprint density at radius 1 is 0.889 bits per heavy atom. The van der Waals surface area contributed by atoms with Crippen LogP contribution in [0.2, 0.25) is 0 Å². The van der Waals surface area contributed by atoms with Crippen molar-refractivity contribution in [3.8, 4) is 12.3 Å². The number of para-hydroxylation sites is 1. The molecule has 5 heteroatoms. The lowest BCUT2D eigenvalue weighted by atomic mass is 10.1. The smallest absolute Gasteiger partial charge is 0.335 e. The van der Waals surface area contributed by atoms with Crippen LogP contribution in [0.25, 0.3) is 0 Å². The first-order valence-electron chi connectivity index (χ1n) is 8.27. The summed E-state index contributed by atoms with van der Waals surface area (Å²) in [6.45, 7) is 0.455. The van der Waals surface area contributed by atoms with Gasteiger partial charge < -0.3 is 4.90 Å². The lowest BCUT2D eigenvalue weighted by Crippen LogP contribution is -2.21. The van der Waals surface area contributed by atoms with Gasteiger partial charge in [-0.3, -0.25) is 0 Å². The molecule has 3 aromatic rings. The first kappa shape index (κ1) is 17.6. The molecular formula is C22H14F3NS. The maximum Gasteiger partial charge on any atom is 0.416 e. The number of nitrogens with zero attached hydrogens (tertiary/aromatic N) is 1. The van der Waals surface area contributed by atoms with Crippen LogP contribution in [-0.4, -0.2) is 0 Å². The number of rotatable bonds is 2. The summed E-state index contributed by atoms with van der Waals surface area (Å²) in [4.78, 5) is 3.76. The molecule has 134 valence electrons. The van der Waals surface area contributed by atoms with Crippen LogP contribution in [-0.2, 0) is 12.7 Å². The Morgan fingerprint density at radius 2 is 1.59 bits per heavy atom. The highest BCUT2D eigenvalue weighted by Crippen LogP contribution is 2.50. The van der Waals surface area contributed by atoms with Gasteiger partial charge in [-0.25, -0.2) is 0 Å². The Bertz CT molecular complexity index is 1030. The lowest BCUT2D eigenvalue weighted by molar-refractivity contribution is -0.137. The van der Waals surface area contributed by atoms with Crippen molar-refractivity contribution in [2.24, 2.45) is 0 Å². The van der Waals surface area contributed by atoms with E-state index >= 15 is 0 Å². The quantitative estimate of drug-likeness (QED) is 0.467. The highest BCUT2D eigenvalue weighted by molar-refractivity contribution is 7.99. The summed E-state index contributed by atoms with van der Waals surface area (Å²) in [6, 6.07) is 19.2. The second kappa shape index (κ2) is 6.71. The second-order valence-electron chi connectivity index (χ2n) is 6.18. The molecule has 0 unspecified atom stereocenters. The van der Waals surface area contributed by atoms with Gasteiger partial charge in [-0.05, 0) is 48.0 Å². The predicted octanol–water partition coefficient (Wildman–Crippen LogP) is 6.49. The van der Waals surface area contributed by atoms with Crippen molar-refractivity contribution in [3.05, 3.63) is 83.4 Å². The largest absolute Gasteiger partial charge is 0.416 e. The molecule has 0 saturated heterocycles. The van der Waals surface area contributed by atoms with E-state index in [0.717, 1.165) is 32.7 Å². The van der Waals surface area contributed by atoms with Gasteiger partial charge in [0.2, 0.25) is 0 Å². The zero-order valence-electron chi connectivity index (χ0n) is 14.1. The van der Waals surface area contributed by atoms with E-state index in [9.17, 15) is 13.2 Å². The molecule has 0 N–H and O–H groups in total. The minimum absolute atomic E-state index is 0.455. The fourth-order valence-corrected chi connectivity index (χ4v) is 4.14. The Morgan fingerprint density at radius 3 is 2.30 bits per heavy atom. The summed E-state index contributed by atoms with van der Waals surface area (Å²) in [7, 11) is 0. The van der Waals surface area contributed by atoms with Crippen molar-refractivity contribution in [2.45, 2.75) is 22.5 Å². The van der Waals surface area contributed by atoms with Crippen LogP contribution in [0.15, 0.2) is 76.5 Å². The topological polar surface area (TPSA) is 3.24 Å². The van der Waals surface area contributed by atoms with Crippen molar-refractivity contribution in [1.29, 1.82) is 0 Å². The van der Waals surface area contributed by atoms with Gasteiger partial charge in [0.25, 0.3) is 0 Å². The SMILES string of the molecule is C#Cc1ccc(CN2c3ccccc3Sc3ccc(C(F)(F)F)cc32)cc1. The lowest BCUT2D eigenvalue weighted by Gasteiger charge is -2.33. The minimum atomic E-state index is -4.38. The standard InChI is InChI=1S/C22H14F3NS/c1-2-15-7-9-16(10-8-15)14-26-18-5-3-4-6-20(18)27-21-12-11-17(13-19(21)26)22(23,24)25/h1,3-13H,14H2. The Labute approximate surface area is 159 Å². The van der Waals surface area contributed by atoms with Gasteiger partial charge >= 0.3 is 6.18 Å². The first-order chi connectivity index (χ1) is 13.0. The third-order valence-electron chi connectivity index (χ3n) is 4.41. The van der Waals surface area contributed by atoms with Crippen LogP contribution < -0.4 is 4.90 Å². The third kappa shape index (κ3) is 3.41. The van der Waals surface area contributed by atoms with Gasteiger partial charge in [0.05, 0.1) is 16.9 Å². The summed E-state index contributed by atoms with van der Waals surface area (Å²) >= 11 is 1.49. The Hall–Kier alpha value is -2.84. The average molecular weight is 381 g/mol. The van der Waals surface area contributed by atoms with Crippen molar-refractivity contribution in [1.82, 2.24) is 0 Å². The van der Waals surface area contributed by atoms with E-state index < -0.39 is 11.7 Å². The zero-order chi connectivity index (χ0) is 19.0. The molecule has 1 heterocycles. The van der Waals surface area contributed by atoms with Crippen LogP contribution >= 0.6 is 11.8 Å². The molecule has 0 amide bonds. The summed E-state index contributed by atoms with van der Waals surface area (Å²) < 4.78 is 39.7. The van der Waals surface area contributed by atoms with E-state index in [0.29, 0.717) is 12.2 Å². The monoisotopic (exact) mass is 381 g/mol. The first-order valence-corrected chi connectivity index (χ1v) is 9.08. The molecule has 0 aromatic heterocycles. The average Bonchev–Trinajstić information content (AvgIpc) is 2.67. The number of hydrogen-bond donors (Lipinski definition) is 0. The van der Waals surface area contributed by atoms with Gasteiger partial charge in [0.15, 0.2) is 0 Å². The predicted molar refractivity (Wildman–Crippen MR) is 102 cm³/mol. The summed E-state index contributed by atoms with van der Waals surface area (Å²) in [6.07, 6.45) is 1.02. The number of fused-ring (bicyclic) bond motifs is 2. The number of alkyl halides is 3. The highest BCUT2D eigenvalue weighted by atomic mass is 32.2.